The molecule has 0 fully saturated rings. The van der Waals surface area contributed by atoms with Gasteiger partial charge in [0, 0.05) is 24.0 Å². The molecule has 22 heavy (non-hydrogen) atoms. The summed E-state index contributed by atoms with van der Waals surface area (Å²) in [6, 6.07) is 10.2. The van der Waals surface area contributed by atoms with Crippen LogP contribution in [0.25, 0.3) is 11.4 Å². The Labute approximate surface area is 133 Å². The molecule has 7 nitrogen and oxygen atoms in total. The lowest BCUT2D eigenvalue weighted by atomic mass is 10.3. The number of H-pyrrole nitrogens is 1. The average Bonchev–Trinajstić information content (AvgIpc) is 3.03. The van der Waals surface area contributed by atoms with E-state index in [0.29, 0.717) is 15.9 Å². The lowest BCUT2D eigenvalue weighted by Gasteiger charge is -1.99. The Morgan fingerprint density at radius 2 is 1.86 bits per heavy atom. The van der Waals surface area contributed by atoms with E-state index in [1.807, 2.05) is 12.1 Å². The van der Waals surface area contributed by atoms with E-state index in [0.717, 1.165) is 5.56 Å². The fraction of sp³-hybridized carbons (Fsp3) is 0. The highest BCUT2D eigenvalue weighted by atomic mass is 33.1. The molecule has 0 atom stereocenters. The van der Waals surface area contributed by atoms with Crippen LogP contribution in [0.3, 0.4) is 0 Å². The van der Waals surface area contributed by atoms with E-state index < -0.39 is 4.92 Å². The van der Waals surface area contributed by atoms with Crippen molar-refractivity contribution < 1.29 is 4.92 Å². The number of nitro groups is 1. The molecule has 1 N–H and O–H groups in total. The van der Waals surface area contributed by atoms with E-state index >= 15 is 0 Å². The number of hydrogen-bond acceptors (Lipinski definition) is 7. The Kier molecular flexibility index (Phi) is 4.35. The van der Waals surface area contributed by atoms with Gasteiger partial charge in [-0.15, -0.1) is 5.10 Å². The van der Waals surface area contributed by atoms with E-state index in [4.69, 9.17) is 0 Å². The molecule has 3 rings (SSSR count). The smallest absolute Gasteiger partial charge is 0.265 e. The molecule has 0 bridgehead atoms. The molecule has 110 valence electrons. The van der Waals surface area contributed by atoms with Crippen molar-refractivity contribution in [2.75, 3.05) is 0 Å². The van der Waals surface area contributed by atoms with Gasteiger partial charge in [0.1, 0.15) is 0 Å². The van der Waals surface area contributed by atoms with Gasteiger partial charge in [0.15, 0.2) is 5.82 Å². The number of hydrogen-bond donors (Lipinski definition) is 1. The first-order valence-corrected chi connectivity index (χ1v) is 8.30. The molecule has 9 heteroatoms. The molecule has 2 heterocycles. The summed E-state index contributed by atoms with van der Waals surface area (Å²) in [4.78, 5) is 19.4. The number of nitrogens with one attached hydrogen (secondary N) is 1. The van der Waals surface area contributed by atoms with Crippen molar-refractivity contribution in [3.63, 3.8) is 0 Å². The fourth-order valence-electron chi connectivity index (χ4n) is 1.68. The number of aromatic nitrogens is 4. The van der Waals surface area contributed by atoms with Gasteiger partial charge in [0.05, 0.1) is 9.82 Å². The van der Waals surface area contributed by atoms with Crippen LogP contribution in [0.15, 0.2) is 58.8 Å². The van der Waals surface area contributed by atoms with Crippen molar-refractivity contribution in [2.45, 2.75) is 10.1 Å². The molecule has 0 amide bonds. The van der Waals surface area contributed by atoms with Crippen LogP contribution in [0, 0.1) is 10.1 Å². The lowest BCUT2D eigenvalue weighted by molar-refractivity contribution is -0.387. The molecular weight excluding hydrogens is 322 g/mol. The molecule has 1 aromatic carbocycles. The molecule has 0 saturated carbocycles. The number of nitro benzene ring substituents is 1. The Morgan fingerprint density at radius 1 is 1.09 bits per heavy atom. The van der Waals surface area contributed by atoms with Crippen molar-refractivity contribution in [1.29, 1.82) is 0 Å². The first kappa shape index (κ1) is 14.5. The molecule has 3 aromatic rings. The molecule has 0 aliphatic rings. The SMILES string of the molecule is O=[N+]([O-])c1ccccc1SSc1n[nH]c(-c2ccncc2)n1. The van der Waals surface area contributed by atoms with Crippen molar-refractivity contribution in [2.24, 2.45) is 0 Å². The standard InChI is InChI=1S/C13H9N5O2S2/c19-18(20)10-3-1-2-4-11(10)21-22-13-15-12(16-17-13)9-5-7-14-8-6-9/h1-8H,(H,15,16,17). The molecule has 0 aliphatic heterocycles. The summed E-state index contributed by atoms with van der Waals surface area (Å²) in [5.41, 5.74) is 0.954. The quantitative estimate of drug-likeness (QED) is 0.433. The van der Waals surface area contributed by atoms with Crippen LogP contribution in [0.2, 0.25) is 0 Å². The van der Waals surface area contributed by atoms with Crippen LogP contribution in [0.1, 0.15) is 0 Å². The third-order valence-electron chi connectivity index (χ3n) is 2.69. The Bertz CT molecular complexity index is 794. The molecular formula is C13H9N5O2S2. The van der Waals surface area contributed by atoms with Gasteiger partial charge in [0.2, 0.25) is 5.16 Å². The van der Waals surface area contributed by atoms with Gasteiger partial charge >= 0.3 is 0 Å². The van der Waals surface area contributed by atoms with Crippen molar-refractivity contribution >= 4 is 27.3 Å². The predicted octanol–water partition coefficient (Wildman–Crippen LogP) is 3.57. The highest BCUT2D eigenvalue weighted by molar-refractivity contribution is 8.76. The fourth-order valence-corrected chi connectivity index (χ4v) is 3.56. The van der Waals surface area contributed by atoms with Crippen LogP contribution < -0.4 is 0 Å². The van der Waals surface area contributed by atoms with Gasteiger partial charge in [-0.25, -0.2) is 4.98 Å². The van der Waals surface area contributed by atoms with E-state index in [2.05, 4.69) is 20.2 Å². The molecule has 0 radical (unpaired) electrons. The number of aromatic amines is 1. The summed E-state index contributed by atoms with van der Waals surface area (Å²) in [5.74, 6) is 0.632. The van der Waals surface area contributed by atoms with E-state index in [-0.39, 0.29) is 5.69 Å². The second-order valence-electron chi connectivity index (χ2n) is 4.09. The zero-order valence-corrected chi connectivity index (χ0v) is 12.7. The number of rotatable bonds is 5. The van der Waals surface area contributed by atoms with Crippen molar-refractivity contribution in [3.8, 4) is 11.4 Å². The Balaban J connectivity index is 1.73. The second-order valence-corrected chi connectivity index (χ2v) is 6.23. The summed E-state index contributed by atoms with van der Waals surface area (Å²) >= 11 is 0. The highest BCUT2D eigenvalue weighted by Crippen LogP contribution is 2.40. The van der Waals surface area contributed by atoms with Gasteiger partial charge in [-0.3, -0.25) is 20.2 Å². The maximum Gasteiger partial charge on any atom is 0.283 e. The van der Waals surface area contributed by atoms with E-state index in [1.165, 1.54) is 27.7 Å². The number of benzene rings is 1. The Hall–Kier alpha value is -2.39. The van der Waals surface area contributed by atoms with Crippen LogP contribution in [0.4, 0.5) is 5.69 Å². The zero-order chi connectivity index (χ0) is 15.4. The van der Waals surface area contributed by atoms with Gasteiger partial charge in [-0.05, 0) is 39.8 Å². The number of nitrogens with zero attached hydrogens (tertiary/aromatic N) is 4. The second kappa shape index (κ2) is 6.58. The van der Waals surface area contributed by atoms with E-state index in [9.17, 15) is 10.1 Å². The monoisotopic (exact) mass is 331 g/mol. The van der Waals surface area contributed by atoms with Crippen LogP contribution in [0.5, 0.6) is 0 Å². The summed E-state index contributed by atoms with van der Waals surface area (Å²) in [5, 5.41) is 18.4. The van der Waals surface area contributed by atoms with Crippen molar-refractivity contribution in [1.82, 2.24) is 20.2 Å². The molecule has 0 spiro atoms. The Morgan fingerprint density at radius 3 is 2.64 bits per heavy atom. The minimum atomic E-state index is -0.400. The zero-order valence-electron chi connectivity index (χ0n) is 11.0. The largest absolute Gasteiger partial charge is 0.283 e. The van der Waals surface area contributed by atoms with Crippen molar-refractivity contribution in [3.05, 3.63) is 58.9 Å². The third-order valence-corrected chi connectivity index (χ3v) is 4.86. The molecule has 0 unspecified atom stereocenters. The lowest BCUT2D eigenvalue weighted by Crippen LogP contribution is -1.89. The highest BCUT2D eigenvalue weighted by Gasteiger charge is 2.15. The molecule has 0 aliphatic carbocycles. The third kappa shape index (κ3) is 3.26. The minimum Gasteiger partial charge on any atom is -0.265 e. The summed E-state index contributed by atoms with van der Waals surface area (Å²) < 4.78 is 0. The maximum atomic E-state index is 11.0. The van der Waals surface area contributed by atoms with Crippen LogP contribution >= 0.6 is 21.6 Å². The van der Waals surface area contributed by atoms with Crippen LogP contribution in [-0.4, -0.2) is 25.1 Å². The van der Waals surface area contributed by atoms with Gasteiger partial charge in [0.25, 0.3) is 5.69 Å². The summed E-state index contributed by atoms with van der Waals surface area (Å²) in [6.45, 7) is 0. The topological polar surface area (TPSA) is 97.6 Å². The average molecular weight is 331 g/mol. The molecule has 2 aromatic heterocycles. The van der Waals surface area contributed by atoms with Gasteiger partial charge in [-0.2, -0.15) is 0 Å². The minimum absolute atomic E-state index is 0.0740. The molecule has 0 saturated heterocycles. The predicted molar refractivity (Wildman–Crippen MR) is 84.4 cm³/mol. The number of pyridine rings is 1. The van der Waals surface area contributed by atoms with Gasteiger partial charge in [-0.1, -0.05) is 12.1 Å². The normalized spacial score (nSPS) is 10.5. The summed E-state index contributed by atoms with van der Waals surface area (Å²) in [7, 11) is 2.52. The number of para-hydroxylation sites is 1. The van der Waals surface area contributed by atoms with E-state index in [1.54, 1.807) is 30.6 Å². The maximum absolute atomic E-state index is 11.0. The first-order chi connectivity index (χ1) is 10.7. The summed E-state index contributed by atoms with van der Waals surface area (Å²) in [6.07, 6.45) is 3.35. The van der Waals surface area contributed by atoms with Gasteiger partial charge < -0.3 is 0 Å². The first-order valence-electron chi connectivity index (χ1n) is 6.15. The van der Waals surface area contributed by atoms with Crippen LogP contribution in [-0.2, 0) is 0 Å².